The highest BCUT2D eigenvalue weighted by Crippen LogP contribution is 2.20. The molecule has 0 aliphatic rings. The topological polar surface area (TPSA) is 81.9 Å². The van der Waals surface area contributed by atoms with E-state index in [0.29, 0.717) is 29.4 Å². The molecule has 1 heterocycles. The largest absolute Gasteiger partial charge is 0.348 e. The number of carbonyl (C=O) groups excluding carboxylic acids is 1. The van der Waals surface area contributed by atoms with E-state index in [9.17, 15) is 4.79 Å². The van der Waals surface area contributed by atoms with E-state index in [0.717, 1.165) is 5.56 Å². The Morgan fingerprint density at radius 3 is 2.50 bits per heavy atom. The van der Waals surface area contributed by atoms with Crippen LogP contribution in [0, 0.1) is 11.3 Å². The normalized spacial score (nSPS) is 11.3. The molecular weight excluding hydrogens is 350 g/mol. The first-order valence-electron chi connectivity index (χ1n) is 9.09. The quantitative estimate of drug-likeness (QED) is 0.703. The Kier molecular flexibility index (Phi) is 5.97. The summed E-state index contributed by atoms with van der Waals surface area (Å²) in [4.78, 5) is 23.3. The molecule has 0 saturated carbocycles. The van der Waals surface area contributed by atoms with Gasteiger partial charge in [0.1, 0.15) is 5.82 Å². The Balaban J connectivity index is 1.80. The van der Waals surface area contributed by atoms with E-state index in [1.165, 1.54) is 0 Å². The highest BCUT2D eigenvalue weighted by atomic mass is 16.2. The SMILES string of the molecule is CCN(C(=O)c1ccc(C#N)cc1)c1ccnc(N[C@H](C)c2ccccc2)n1. The minimum absolute atomic E-state index is 0.0285. The van der Waals surface area contributed by atoms with Crippen molar-refractivity contribution in [3.8, 4) is 6.07 Å². The molecule has 1 N–H and O–H groups in total. The number of hydrogen-bond donors (Lipinski definition) is 1. The van der Waals surface area contributed by atoms with Crippen LogP contribution in [0.3, 0.4) is 0 Å². The minimum atomic E-state index is -0.173. The van der Waals surface area contributed by atoms with Crippen LogP contribution >= 0.6 is 0 Å². The summed E-state index contributed by atoms with van der Waals surface area (Å²) in [6.45, 7) is 4.39. The number of amides is 1. The van der Waals surface area contributed by atoms with Crippen LogP contribution in [0.4, 0.5) is 11.8 Å². The molecule has 0 unspecified atom stereocenters. The van der Waals surface area contributed by atoms with Gasteiger partial charge < -0.3 is 5.32 Å². The number of rotatable bonds is 6. The van der Waals surface area contributed by atoms with Crippen molar-refractivity contribution in [2.24, 2.45) is 0 Å². The number of aromatic nitrogens is 2. The molecule has 1 aromatic heterocycles. The Labute approximate surface area is 164 Å². The predicted molar refractivity (Wildman–Crippen MR) is 109 cm³/mol. The van der Waals surface area contributed by atoms with Crippen LogP contribution in [0.1, 0.15) is 41.4 Å². The number of carbonyl (C=O) groups is 1. The number of nitrogens with one attached hydrogen (secondary N) is 1. The van der Waals surface area contributed by atoms with Crippen LogP contribution < -0.4 is 10.2 Å². The van der Waals surface area contributed by atoms with Crippen LogP contribution in [-0.2, 0) is 0 Å². The maximum absolute atomic E-state index is 12.9. The molecule has 0 spiro atoms. The summed E-state index contributed by atoms with van der Waals surface area (Å²) >= 11 is 0. The van der Waals surface area contributed by atoms with E-state index in [1.54, 1.807) is 41.4 Å². The first-order valence-corrected chi connectivity index (χ1v) is 9.09. The van der Waals surface area contributed by atoms with Gasteiger partial charge in [0.25, 0.3) is 5.91 Å². The average Bonchev–Trinajstić information content (AvgIpc) is 2.75. The van der Waals surface area contributed by atoms with Crippen molar-refractivity contribution in [3.05, 3.63) is 83.6 Å². The van der Waals surface area contributed by atoms with Crippen LogP contribution in [0.15, 0.2) is 66.9 Å². The van der Waals surface area contributed by atoms with Gasteiger partial charge in [-0.2, -0.15) is 10.2 Å². The summed E-state index contributed by atoms with van der Waals surface area (Å²) in [5.74, 6) is 0.808. The van der Waals surface area contributed by atoms with E-state index in [4.69, 9.17) is 5.26 Å². The fraction of sp³-hybridized carbons (Fsp3) is 0.182. The van der Waals surface area contributed by atoms with Gasteiger partial charge in [-0.15, -0.1) is 0 Å². The van der Waals surface area contributed by atoms with Gasteiger partial charge in [0.05, 0.1) is 17.7 Å². The average molecular weight is 371 g/mol. The molecule has 3 rings (SSSR count). The molecule has 1 atom stereocenters. The Bertz CT molecular complexity index is 980. The van der Waals surface area contributed by atoms with Crippen molar-refractivity contribution in [1.82, 2.24) is 9.97 Å². The second-order valence-corrected chi connectivity index (χ2v) is 6.25. The molecular formula is C22H21N5O. The third-order valence-corrected chi connectivity index (χ3v) is 4.38. The van der Waals surface area contributed by atoms with Crippen LogP contribution in [0.2, 0.25) is 0 Å². The molecule has 0 radical (unpaired) electrons. The molecule has 0 aliphatic heterocycles. The fourth-order valence-corrected chi connectivity index (χ4v) is 2.84. The Morgan fingerprint density at radius 1 is 1.14 bits per heavy atom. The molecule has 3 aromatic rings. The minimum Gasteiger partial charge on any atom is -0.348 e. The number of nitriles is 1. The second-order valence-electron chi connectivity index (χ2n) is 6.25. The third kappa shape index (κ3) is 4.33. The van der Waals surface area contributed by atoms with Crippen molar-refractivity contribution in [3.63, 3.8) is 0 Å². The number of anilines is 2. The molecule has 6 nitrogen and oxygen atoms in total. The van der Waals surface area contributed by atoms with E-state index in [1.807, 2.05) is 44.2 Å². The zero-order chi connectivity index (χ0) is 19.9. The van der Waals surface area contributed by atoms with Gasteiger partial charge in [0.2, 0.25) is 5.95 Å². The maximum Gasteiger partial charge on any atom is 0.259 e. The van der Waals surface area contributed by atoms with Gasteiger partial charge in [-0.25, -0.2) is 4.98 Å². The lowest BCUT2D eigenvalue weighted by molar-refractivity contribution is 0.0987. The maximum atomic E-state index is 12.9. The monoisotopic (exact) mass is 371 g/mol. The standard InChI is InChI=1S/C22H21N5O/c1-3-27(21(28)19-11-9-17(15-23)10-12-19)20-13-14-24-22(26-20)25-16(2)18-7-5-4-6-8-18/h4-14,16H,3H2,1-2H3,(H,24,25,26)/t16-/m1/s1. The zero-order valence-electron chi connectivity index (χ0n) is 15.8. The molecule has 140 valence electrons. The lowest BCUT2D eigenvalue weighted by atomic mass is 10.1. The molecule has 0 bridgehead atoms. The van der Waals surface area contributed by atoms with Crippen molar-refractivity contribution in [2.45, 2.75) is 19.9 Å². The molecule has 0 saturated heterocycles. The van der Waals surface area contributed by atoms with Crippen LogP contribution in [-0.4, -0.2) is 22.4 Å². The molecule has 2 aromatic carbocycles. The summed E-state index contributed by atoms with van der Waals surface area (Å²) in [5.41, 5.74) is 2.15. The summed E-state index contributed by atoms with van der Waals surface area (Å²) in [5, 5.41) is 12.2. The van der Waals surface area contributed by atoms with E-state index >= 15 is 0 Å². The van der Waals surface area contributed by atoms with E-state index in [-0.39, 0.29) is 11.9 Å². The lowest BCUT2D eigenvalue weighted by Gasteiger charge is -2.21. The summed E-state index contributed by atoms with van der Waals surface area (Å²) in [6.07, 6.45) is 1.64. The molecule has 6 heteroatoms. The third-order valence-electron chi connectivity index (χ3n) is 4.38. The summed E-state index contributed by atoms with van der Waals surface area (Å²) in [7, 11) is 0. The number of nitrogens with zero attached hydrogens (tertiary/aromatic N) is 4. The van der Waals surface area contributed by atoms with Gasteiger partial charge >= 0.3 is 0 Å². The number of benzene rings is 2. The summed E-state index contributed by atoms with van der Waals surface area (Å²) in [6, 6.07) is 20.4. The van der Waals surface area contributed by atoms with Gasteiger partial charge in [-0.05, 0) is 49.7 Å². The highest BCUT2D eigenvalue weighted by Gasteiger charge is 2.18. The Hall–Kier alpha value is -3.72. The van der Waals surface area contributed by atoms with E-state index < -0.39 is 0 Å². The Morgan fingerprint density at radius 2 is 1.86 bits per heavy atom. The van der Waals surface area contributed by atoms with E-state index in [2.05, 4.69) is 21.4 Å². The fourth-order valence-electron chi connectivity index (χ4n) is 2.84. The molecule has 28 heavy (non-hydrogen) atoms. The highest BCUT2D eigenvalue weighted by molar-refractivity contribution is 6.05. The predicted octanol–water partition coefficient (Wildman–Crippen LogP) is 4.19. The van der Waals surface area contributed by atoms with Crippen molar-refractivity contribution in [2.75, 3.05) is 16.8 Å². The molecule has 0 fully saturated rings. The van der Waals surface area contributed by atoms with Gasteiger partial charge in [-0.1, -0.05) is 30.3 Å². The molecule has 1 amide bonds. The summed E-state index contributed by atoms with van der Waals surface area (Å²) < 4.78 is 0. The lowest BCUT2D eigenvalue weighted by Crippen LogP contribution is -2.31. The van der Waals surface area contributed by atoms with Crippen LogP contribution in [0.5, 0.6) is 0 Å². The first-order chi connectivity index (χ1) is 13.6. The van der Waals surface area contributed by atoms with Crippen molar-refractivity contribution in [1.29, 1.82) is 5.26 Å². The molecule has 0 aliphatic carbocycles. The number of hydrogen-bond acceptors (Lipinski definition) is 5. The van der Waals surface area contributed by atoms with Crippen molar-refractivity contribution >= 4 is 17.7 Å². The first kappa shape index (κ1) is 19.1. The van der Waals surface area contributed by atoms with Gasteiger partial charge in [0, 0.05) is 18.3 Å². The van der Waals surface area contributed by atoms with Crippen molar-refractivity contribution < 1.29 is 4.79 Å². The zero-order valence-corrected chi connectivity index (χ0v) is 15.8. The van der Waals surface area contributed by atoms with Gasteiger partial charge in [0.15, 0.2) is 0 Å². The van der Waals surface area contributed by atoms with Crippen LogP contribution in [0.25, 0.3) is 0 Å². The second kappa shape index (κ2) is 8.78. The van der Waals surface area contributed by atoms with Gasteiger partial charge in [-0.3, -0.25) is 9.69 Å². The smallest absolute Gasteiger partial charge is 0.259 e.